The Labute approximate surface area is 56.2 Å². The maximum Gasteiger partial charge on any atom is 0.174 e. The van der Waals surface area contributed by atoms with E-state index in [4.69, 9.17) is 9.47 Å². The number of ether oxygens (including phenoxy) is 2. The smallest absolute Gasteiger partial charge is 0.174 e. The fourth-order valence-electron chi connectivity index (χ4n) is 1.07. The fourth-order valence-corrected chi connectivity index (χ4v) is 1.07. The molecule has 0 amide bonds. The Bertz CT molecular complexity index is 78.9. The van der Waals surface area contributed by atoms with E-state index in [1.165, 1.54) is 0 Å². The molecule has 0 aromatic carbocycles. The van der Waals surface area contributed by atoms with Crippen molar-refractivity contribution in [2.24, 2.45) is 0 Å². The van der Waals surface area contributed by atoms with Gasteiger partial charge in [-0.25, -0.2) is 0 Å². The van der Waals surface area contributed by atoms with Crippen molar-refractivity contribution in [1.82, 2.24) is 0 Å². The molecule has 9 heavy (non-hydrogen) atoms. The SMILES string of the molecule is COC1(OC)[CH]CC[CH]1. The lowest BCUT2D eigenvalue weighted by Gasteiger charge is -2.24. The Morgan fingerprint density at radius 3 is 1.78 bits per heavy atom. The summed E-state index contributed by atoms with van der Waals surface area (Å²) in [5.74, 6) is -0.472. The third-order valence-corrected chi connectivity index (χ3v) is 1.66. The number of hydrogen-bond acceptors (Lipinski definition) is 2. The number of methoxy groups -OCH3 is 2. The molecule has 0 unspecified atom stereocenters. The molecule has 0 aromatic rings. The predicted molar refractivity (Wildman–Crippen MR) is 34.6 cm³/mol. The summed E-state index contributed by atoms with van der Waals surface area (Å²) in [6.45, 7) is 0. The van der Waals surface area contributed by atoms with E-state index in [2.05, 4.69) is 0 Å². The fraction of sp³-hybridized carbons (Fsp3) is 0.714. The van der Waals surface area contributed by atoms with Gasteiger partial charge in [0.15, 0.2) is 5.79 Å². The van der Waals surface area contributed by atoms with Crippen LogP contribution >= 0.6 is 0 Å². The van der Waals surface area contributed by atoms with Crippen LogP contribution in [0.3, 0.4) is 0 Å². The molecule has 1 aliphatic rings. The van der Waals surface area contributed by atoms with Gasteiger partial charge >= 0.3 is 0 Å². The van der Waals surface area contributed by atoms with E-state index in [1.54, 1.807) is 14.2 Å². The summed E-state index contributed by atoms with van der Waals surface area (Å²) in [6, 6.07) is 0. The van der Waals surface area contributed by atoms with Gasteiger partial charge in [-0.1, -0.05) is 0 Å². The molecule has 0 saturated heterocycles. The van der Waals surface area contributed by atoms with Gasteiger partial charge in [-0.2, -0.15) is 0 Å². The second kappa shape index (κ2) is 2.67. The summed E-state index contributed by atoms with van der Waals surface area (Å²) in [5.41, 5.74) is 0. The van der Waals surface area contributed by atoms with E-state index < -0.39 is 5.79 Å². The maximum absolute atomic E-state index is 5.11. The van der Waals surface area contributed by atoms with Crippen LogP contribution in [-0.2, 0) is 9.47 Å². The first-order valence-corrected chi connectivity index (χ1v) is 3.12. The second-order valence-corrected chi connectivity index (χ2v) is 2.12. The molecule has 1 aliphatic carbocycles. The Balaban J connectivity index is 2.45. The zero-order chi connectivity index (χ0) is 6.74. The molecule has 0 atom stereocenters. The summed E-state index contributed by atoms with van der Waals surface area (Å²) >= 11 is 0. The average Bonchev–Trinajstić information content (AvgIpc) is 2.36. The molecule has 0 bridgehead atoms. The van der Waals surface area contributed by atoms with Gasteiger partial charge in [0.1, 0.15) is 0 Å². The Morgan fingerprint density at radius 2 is 1.56 bits per heavy atom. The maximum atomic E-state index is 5.11. The van der Waals surface area contributed by atoms with Gasteiger partial charge in [-0.3, -0.25) is 0 Å². The van der Waals surface area contributed by atoms with Crippen molar-refractivity contribution in [2.75, 3.05) is 14.2 Å². The lowest BCUT2D eigenvalue weighted by atomic mass is 10.2. The molecule has 0 spiro atoms. The largest absolute Gasteiger partial charge is 0.353 e. The van der Waals surface area contributed by atoms with Crippen molar-refractivity contribution in [1.29, 1.82) is 0 Å². The normalized spacial score (nSPS) is 24.7. The van der Waals surface area contributed by atoms with E-state index >= 15 is 0 Å². The van der Waals surface area contributed by atoms with Crippen molar-refractivity contribution < 1.29 is 9.47 Å². The van der Waals surface area contributed by atoms with Gasteiger partial charge in [0.2, 0.25) is 0 Å². The molecule has 1 saturated carbocycles. The molecular weight excluding hydrogens is 116 g/mol. The number of hydrogen-bond donors (Lipinski definition) is 0. The average molecular weight is 128 g/mol. The topological polar surface area (TPSA) is 18.5 Å². The highest BCUT2D eigenvalue weighted by molar-refractivity contribution is 5.04. The van der Waals surface area contributed by atoms with Crippen LogP contribution < -0.4 is 0 Å². The van der Waals surface area contributed by atoms with Crippen molar-refractivity contribution in [3.8, 4) is 0 Å². The molecule has 2 nitrogen and oxygen atoms in total. The first-order valence-electron chi connectivity index (χ1n) is 3.12. The molecule has 1 fully saturated rings. The van der Waals surface area contributed by atoms with E-state index in [0.29, 0.717) is 0 Å². The first-order chi connectivity index (χ1) is 4.33. The number of rotatable bonds is 2. The van der Waals surface area contributed by atoms with Crippen molar-refractivity contribution in [2.45, 2.75) is 18.6 Å². The summed E-state index contributed by atoms with van der Waals surface area (Å²) in [5, 5.41) is 0. The molecule has 0 aromatic heterocycles. The zero-order valence-electron chi connectivity index (χ0n) is 5.89. The van der Waals surface area contributed by atoms with E-state index in [0.717, 1.165) is 12.8 Å². The quantitative estimate of drug-likeness (QED) is 0.520. The van der Waals surface area contributed by atoms with Crippen LogP contribution in [-0.4, -0.2) is 20.0 Å². The van der Waals surface area contributed by atoms with Gasteiger partial charge in [-0.05, 0) is 12.8 Å². The van der Waals surface area contributed by atoms with Gasteiger partial charge in [-0.15, -0.1) is 0 Å². The highest BCUT2D eigenvalue weighted by Gasteiger charge is 2.33. The monoisotopic (exact) mass is 128 g/mol. The van der Waals surface area contributed by atoms with E-state index in [-0.39, 0.29) is 0 Å². The van der Waals surface area contributed by atoms with Crippen LogP contribution in [0.4, 0.5) is 0 Å². The standard InChI is InChI=1S/C7H12O2/c1-8-7(9-2)5-3-4-6-7/h5-6H,3-4H2,1-2H3. The molecular formula is C7H12O2. The Kier molecular flexibility index (Phi) is 2.09. The molecule has 2 radical (unpaired) electrons. The molecule has 52 valence electrons. The molecule has 1 rings (SSSR count). The van der Waals surface area contributed by atoms with Crippen molar-refractivity contribution >= 4 is 0 Å². The van der Waals surface area contributed by atoms with Gasteiger partial charge in [0, 0.05) is 27.1 Å². The third-order valence-electron chi connectivity index (χ3n) is 1.66. The van der Waals surface area contributed by atoms with E-state index in [1.807, 2.05) is 12.8 Å². The first kappa shape index (κ1) is 7.03. The van der Waals surface area contributed by atoms with Gasteiger partial charge in [0.25, 0.3) is 0 Å². The molecule has 0 N–H and O–H groups in total. The lowest BCUT2D eigenvalue weighted by Crippen LogP contribution is -2.30. The summed E-state index contributed by atoms with van der Waals surface area (Å²) in [6.07, 6.45) is 6.18. The summed E-state index contributed by atoms with van der Waals surface area (Å²) in [4.78, 5) is 0. The highest BCUT2D eigenvalue weighted by Crippen LogP contribution is 2.30. The summed E-state index contributed by atoms with van der Waals surface area (Å²) in [7, 11) is 3.31. The van der Waals surface area contributed by atoms with Gasteiger partial charge < -0.3 is 9.47 Å². The molecule has 0 heterocycles. The second-order valence-electron chi connectivity index (χ2n) is 2.12. The minimum absolute atomic E-state index is 0.472. The van der Waals surface area contributed by atoms with Crippen molar-refractivity contribution in [3.63, 3.8) is 0 Å². The zero-order valence-corrected chi connectivity index (χ0v) is 5.89. The van der Waals surface area contributed by atoms with Crippen LogP contribution in [0, 0.1) is 12.8 Å². The lowest BCUT2D eigenvalue weighted by molar-refractivity contribution is -0.150. The van der Waals surface area contributed by atoms with E-state index in [9.17, 15) is 0 Å². The van der Waals surface area contributed by atoms with Crippen LogP contribution in [0.1, 0.15) is 12.8 Å². The van der Waals surface area contributed by atoms with Gasteiger partial charge in [0.05, 0.1) is 0 Å². The third kappa shape index (κ3) is 1.25. The van der Waals surface area contributed by atoms with Crippen LogP contribution in [0.2, 0.25) is 0 Å². The summed E-state index contributed by atoms with van der Waals surface area (Å²) < 4.78 is 10.2. The van der Waals surface area contributed by atoms with Crippen molar-refractivity contribution in [3.05, 3.63) is 12.8 Å². The van der Waals surface area contributed by atoms with Crippen LogP contribution in [0.5, 0.6) is 0 Å². The molecule has 0 aliphatic heterocycles. The highest BCUT2D eigenvalue weighted by atomic mass is 16.7. The predicted octanol–water partition coefficient (Wildman–Crippen LogP) is 1.18. The Morgan fingerprint density at radius 1 is 1.11 bits per heavy atom. The minimum Gasteiger partial charge on any atom is -0.353 e. The Hall–Kier alpha value is -0.0800. The van der Waals surface area contributed by atoms with Crippen LogP contribution in [0.25, 0.3) is 0 Å². The minimum atomic E-state index is -0.472. The van der Waals surface area contributed by atoms with Crippen LogP contribution in [0.15, 0.2) is 0 Å². The molecule has 2 heteroatoms.